The van der Waals surface area contributed by atoms with Gasteiger partial charge >= 0.3 is 5.97 Å². The molecule has 6 rings (SSSR count). The van der Waals surface area contributed by atoms with Crippen LogP contribution in [0.3, 0.4) is 0 Å². The number of carbonyl (C=O) groups excluding carboxylic acids is 1. The molecule has 3 heterocycles. The van der Waals surface area contributed by atoms with Crippen LogP contribution in [-0.4, -0.2) is 56.5 Å². The van der Waals surface area contributed by atoms with E-state index in [-0.39, 0.29) is 53.4 Å². The fourth-order valence-electron chi connectivity index (χ4n) is 8.12. The molecule has 1 unspecified atom stereocenters. The van der Waals surface area contributed by atoms with Gasteiger partial charge in [0.2, 0.25) is 0 Å². The third kappa shape index (κ3) is 3.36. The van der Waals surface area contributed by atoms with Gasteiger partial charge in [0.15, 0.2) is 0 Å². The van der Waals surface area contributed by atoms with Crippen molar-refractivity contribution in [3.05, 3.63) is 29.3 Å². The van der Waals surface area contributed by atoms with Crippen LogP contribution >= 0.6 is 0 Å². The van der Waals surface area contributed by atoms with Crippen molar-refractivity contribution in [3.8, 4) is 0 Å². The minimum absolute atomic E-state index is 0. The largest absolute Gasteiger partial charge is 1.00 e. The standard InChI is InChI=1S/C27H38N2O3.ClH/c1-17-7-5-9-21(19(17)3)29-13-11-28(12-14-29)16-20-23-22(31-25(20)30)15-26(4)10-6-8-18(2)27(26)24(23)32-27;/h5,7,9,18,20,22-24H,6,8,10-16H2,1-4H3;1H/t18-,20?,22+,23+,24-,26+,27-;/m0./s1. The number of carbonyl (C=O) groups is 1. The van der Waals surface area contributed by atoms with Crippen LogP contribution in [0.25, 0.3) is 0 Å². The second-order valence-electron chi connectivity index (χ2n) is 11.7. The predicted octanol–water partition coefficient (Wildman–Crippen LogP) is -0.462. The second kappa shape index (κ2) is 8.13. The molecular formula is C27H39ClN2O3. The van der Waals surface area contributed by atoms with Gasteiger partial charge in [0.1, 0.15) is 17.6 Å². The zero-order valence-corrected chi connectivity index (χ0v) is 21.3. The van der Waals surface area contributed by atoms with E-state index in [9.17, 15) is 4.79 Å². The monoisotopic (exact) mass is 474 g/mol. The minimum Gasteiger partial charge on any atom is -1.00 e. The number of ether oxygens (including phenoxy) is 2. The zero-order valence-electron chi connectivity index (χ0n) is 20.5. The number of hydrogen-bond acceptors (Lipinski definition) is 4. The number of fused-ring (bicyclic) bond motifs is 2. The molecule has 1 N–H and O–H groups in total. The summed E-state index contributed by atoms with van der Waals surface area (Å²) >= 11 is 0. The van der Waals surface area contributed by atoms with Crippen LogP contribution in [0.4, 0.5) is 5.69 Å². The topological polar surface area (TPSA) is 46.5 Å². The maximum atomic E-state index is 13.0. The summed E-state index contributed by atoms with van der Waals surface area (Å²) < 4.78 is 12.7. The van der Waals surface area contributed by atoms with Crippen molar-refractivity contribution in [3.63, 3.8) is 0 Å². The van der Waals surface area contributed by atoms with E-state index in [0.717, 1.165) is 39.1 Å². The highest BCUT2D eigenvalue weighted by atomic mass is 35.5. The molecule has 3 saturated heterocycles. The SMILES string of the molecule is Cc1cccc(N2CC[NH+](CC3C(=O)O[C@@H]4C[C@@]5(C)CCC[C@H](C)[C@@]56O[C@H]6[C@H]34)CC2)c1C.[Cl-]. The fraction of sp³-hybridized carbons (Fsp3) is 0.741. The summed E-state index contributed by atoms with van der Waals surface area (Å²) in [6, 6.07) is 6.61. The Labute approximate surface area is 204 Å². The number of esters is 1. The molecule has 0 aromatic heterocycles. The number of epoxide rings is 1. The van der Waals surface area contributed by atoms with Crippen LogP contribution in [0.2, 0.25) is 0 Å². The molecule has 7 atom stereocenters. The van der Waals surface area contributed by atoms with E-state index in [1.165, 1.54) is 36.1 Å². The molecule has 5 aliphatic rings. The number of rotatable bonds is 3. The summed E-state index contributed by atoms with van der Waals surface area (Å²) in [5, 5.41) is 0. The maximum absolute atomic E-state index is 13.0. The molecule has 182 valence electrons. The molecule has 0 radical (unpaired) electrons. The first-order valence-electron chi connectivity index (χ1n) is 12.9. The highest BCUT2D eigenvalue weighted by molar-refractivity contribution is 5.76. The lowest BCUT2D eigenvalue weighted by atomic mass is 9.53. The van der Waals surface area contributed by atoms with E-state index < -0.39 is 0 Å². The number of anilines is 1. The number of quaternary nitrogens is 1. The first-order valence-corrected chi connectivity index (χ1v) is 12.9. The molecular weight excluding hydrogens is 436 g/mol. The van der Waals surface area contributed by atoms with E-state index in [0.29, 0.717) is 5.92 Å². The van der Waals surface area contributed by atoms with Crippen LogP contribution in [0.5, 0.6) is 0 Å². The Balaban J connectivity index is 0.00000228. The highest BCUT2D eigenvalue weighted by Crippen LogP contribution is 2.70. The summed E-state index contributed by atoms with van der Waals surface area (Å²) in [6.07, 6.45) is 5.04. The molecule has 1 aromatic carbocycles. The number of benzene rings is 1. The van der Waals surface area contributed by atoms with Crippen molar-refractivity contribution < 1.29 is 31.6 Å². The molecule has 33 heavy (non-hydrogen) atoms. The van der Waals surface area contributed by atoms with Gasteiger partial charge < -0.3 is 31.7 Å². The number of halogens is 1. The normalized spacial score (nSPS) is 42.0. The van der Waals surface area contributed by atoms with Crippen molar-refractivity contribution in [2.45, 2.75) is 71.2 Å². The van der Waals surface area contributed by atoms with Crippen LogP contribution < -0.4 is 22.2 Å². The number of aryl methyl sites for hydroxylation is 1. The molecule has 1 spiro atoms. The lowest BCUT2D eigenvalue weighted by Gasteiger charge is -2.48. The molecule has 5 nitrogen and oxygen atoms in total. The van der Waals surface area contributed by atoms with Crippen LogP contribution in [0.1, 0.15) is 50.7 Å². The average Bonchev–Trinajstić information content (AvgIpc) is 3.45. The van der Waals surface area contributed by atoms with Crippen molar-refractivity contribution in [1.29, 1.82) is 0 Å². The Kier molecular flexibility index (Phi) is 5.78. The van der Waals surface area contributed by atoms with Crippen molar-refractivity contribution in [1.82, 2.24) is 0 Å². The fourth-order valence-corrected chi connectivity index (χ4v) is 8.12. The van der Waals surface area contributed by atoms with Gasteiger partial charge in [0, 0.05) is 17.0 Å². The Morgan fingerprint density at radius 2 is 1.97 bits per heavy atom. The molecule has 0 amide bonds. The third-order valence-corrected chi connectivity index (χ3v) is 10.1. The van der Waals surface area contributed by atoms with Crippen molar-refractivity contribution >= 4 is 11.7 Å². The van der Waals surface area contributed by atoms with Gasteiger partial charge in [-0.25, -0.2) is 0 Å². The summed E-state index contributed by atoms with van der Waals surface area (Å²) in [4.78, 5) is 17.1. The van der Waals surface area contributed by atoms with Crippen molar-refractivity contribution in [2.75, 3.05) is 37.6 Å². The Morgan fingerprint density at radius 1 is 1.21 bits per heavy atom. The summed E-state index contributed by atoms with van der Waals surface area (Å²) in [6.45, 7) is 14.4. The van der Waals surface area contributed by atoms with Gasteiger partial charge in [-0.15, -0.1) is 0 Å². The molecule has 5 fully saturated rings. The minimum atomic E-state index is 0. The molecule has 6 heteroatoms. The summed E-state index contributed by atoms with van der Waals surface area (Å²) in [5.41, 5.74) is 4.30. The first kappa shape index (κ1) is 23.4. The van der Waals surface area contributed by atoms with E-state index in [1.54, 1.807) is 4.90 Å². The Morgan fingerprint density at radius 3 is 2.73 bits per heavy atom. The van der Waals surface area contributed by atoms with E-state index in [4.69, 9.17) is 9.47 Å². The first-order chi connectivity index (χ1) is 15.3. The number of piperazine rings is 1. The lowest BCUT2D eigenvalue weighted by molar-refractivity contribution is -0.903. The lowest BCUT2D eigenvalue weighted by Crippen LogP contribution is -3.15. The van der Waals surface area contributed by atoms with Gasteiger partial charge in [-0.05, 0) is 56.2 Å². The number of nitrogens with one attached hydrogen (secondary N) is 1. The van der Waals surface area contributed by atoms with Gasteiger partial charge in [0.25, 0.3) is 0 Å². The van der Waals surface area contributed by atoms with Gasteiger partial charge in [-0.1, -0.05) is 32.4 Å². The summed E-state index contributed by atoms with van der Waals surface area (Å²) in [5.74, 6) is 0.910. The van der Waals surface area contributed by atoms with Gasteiger partial charge in [-0.3, -0.25) is 4.79 Å². The van der Waals surface area contributed by atoms with Crippen molar-refractivity contribution in [2.24, 2.45) is 23.2 Å². The molecule has 2 aliphatic carbocycles. The number of nitrogens with zero attached hydrogens (tertiary/aromatic N) is 1. The van der Waals surface area contributed by atoms with Crippen LogP contribution in [0.15, 0.2) is 18.2 Å². The third-order valence-electron chi connectivity index (χ3n) is 10.1. The molecule has 3 aliphatic heterocycles. The smallest absolute Gasteiger partial charge is 0.315 e. The average molecular weight is 475 g/mol. The quantitative estimate of drug-likeness (QED) is 0.475. The second-order valence-corrected chi connectivity index (χ2v) is 11.7. The van der Waals surface area contributed by atoms with Gasteiger partial charge in [-0.2, -0.15) is 0 Å². The van der Waals surface area contributed by atoms with E-state index in [2.05, 4.69) is 50.8 Å². The van der Waals surface area contributed by atoms with E-state index >= 15 is 0 Å². The highest BCUT2D eigenvalue weighted by Gasteiger charge is 2.78. The molecule has 0 bridgehead atoms. The Hall–Kier alpha value is -1.30. The maximum Gasteiger partial charge on any atom is 0.315 e. The molecule has 1 aromatic rings. The van der Waals surface area contributed by atoms with Crippen LogP contribution in [-0.2, 0) is 14.3 Å². The predicted molar refractivity (Wildman–Crippen MR) is 124 cm³/mol. The van der Waals surface area contributed by atoms with Gasteiger partial charge in [0.05, 0.1) is 38.8 Å². The number of hydrogen-bond donors (Lipinski definition) is 1. The summed E-state index contributed by atoms with van der Waals surface area (Å²) in [7, 11) is 0. The van der Waals surface area contributed by atoms with Crippen LogP contribution in [0, 0.1) is 37.0 Å². The van der Waals surface area contributed by atoms with E-state index in [1.807, 2.05) is 0 Å². The Bertz CT molecular complexity index is 932. The zero-order chi connectivity index (χ0) is 22.3. The molecule has 2 saturated carbocycles.